The average Bonchev–Trinajstić information content (AvgIpc) is 3.22. The number of hydrogen-bond donors (Lipinski definition) is 2. The van der Waals surface area contributed by atoms with Crippen LogP contribution in [-0.4, -0.2) is 28.9 Å². The highest BCUT2D eigenvalue weighted by Gasteiger charge is 2.15. The number of hydrogen-bond acceptors (Lipinski definition) is 2. The second kappa shape index (κ2) is 10.2. The molecule has 1 amide bonds. The number of amides is 1. The lowest BCUT2D eigenvalue weighted by atomic mass is 10.1. The summed E-state index contributed by atoms with van der Waals surface area (Å²) in [4.78, 5) is 18.3. The van der Waals surface area contributed by atoms with E-state index in [-0.39, 0.29) is 18.3 Å². The van der Waals surface area contributed by atoms with Gasteiger partial charge in [0, 0.05) is 36.7 Å². The number of aryl methyl sites for hydroxylation is 1. The predicted octanol–water partition coefficient (Wildman–Crippen LogP) is 4.98. The smallest absolute Gasteiger partial charge is 0.236 e. The summed E-state index contributed by atoms with van der Waals surface area (Å²) in [6.07, 6.45) is 2.81. The van der Waals surface area contributed by atoms with E-state index in [1.54, 1.807) is 12.1 Å². The lowest BCUT2D eigenvalue weighted by Gasteiger charge is -2.23. The minimum atomic E-state index is -0.258. The van der Waals surface area contributed by atoms with Gasteiger partial charge in [-0.3, -0.25) is 4.79 Å². The molecule has 5 heteroatoms. The topological polar surface area (TPSA) is 48.1 Å². The van der Waals surface area contributed by atoms with Crippen molar-refractivity contribution < 1.29 is 9.18 Å². The highest BCUT2D eigenvalue weighted by atomic mass is 19.1. The zero-order chi connectivity index (χ0) is 22.3. The lowest BCUT2D eigenvalue weighted by Crippen LogP contribution is -2.38. The molecule has 0 spiro atoms. The van der Waals surface area contributed by atoms with E-state index in [1.165, 1.54) is 28.6 Å². The van der Waals surface area contributed by atoms with E-state index in [0.29, 0.717) is 19.6 Å². The summed E-state index contributed by atoms with van der Waals surface area (Å²) >= 11 is 0. The van der Waals surface area contributed by atoms with Gasteiger partial charge in [-0.25, -0.2) is 4.39 Å². The van der Waals surface area contributed by atoms with Crippen LogP contribution >= 0.6 is 0 Å². The quantitative estimate of drug-likeness (QED) is 0.394. The van der Waals surface area contributed by atoms with Crippen LogP contribution in [0, 0.1) is 12.7 Å². The van der Waals surface area contributed by atoms with Crippen LogP contribution in [0.5, 0.6) is 0 Å². The van der Waals surface area contributed by atoms with Gasteiger partial charge < -0.3 is 15.2 Å². The van der Waals surface area contributed by atoms with Crippen molar-refractivity contribution in [2.75, 3.05) is 13.1 Å². The Kier molecular flexibility index (Phi) is 6.97. The molecule has 0 aliphatic heterocycles. The molecule has 0 aliphatic rings. The Labute approximate surface area is 188 Å². The Bertz CT molecular complexity index is 1170. The molecule has 0 fully saturated rings. The molecular weight excluding hydrogens is 401 g/mol. The number of nitrogens with zero attached hydrogens (tertiary/aromatic N) is 1. The maximum absolute atomic E-state index is 13.1. The Hall–Kier alpha value is -3.44. The van der Waals surface area contributed by atoms with Crippen LogP contribution in [0.2, 0.25) is 0 Å². The number of benzene rings is 3. The van der Waals surface area contributed by atoms with Crippen molar-refractivity contribution in [3.63, 3.8) is 0 Å². The maximum Gasteiger partial charge on any atom is 0.236 e. The van der Waals surface area contributed by atoms with Gasteiger partial charge in [0.25, 0.3) is 0 Å². The summed E-state index contributed by atoms with van der Waals surface area (Å²) in [5.74, 6) is -0.209. The fraction of sp³-hybridized carbons (Fsp3) is 0.222. The summed E-state index contributed by atoms with van der Waals surface area (Å²) in [6.45, 7) is 4.01. The zero-order valence-electron chi connectivity index (χ0n) is 18.3. The molecule has 1 aromatic heterocycles. The van der Waals surface area contributed by atoms with Crippen molar-refractivity contribution in [1.29, 1.82) is 0 Å². The summed E-state index contributed by atoms with van der Waals surface area (Å²) in [7, 11) is 0. The van der Waals surface area contributed by atoms with Gasteiger partial charge in [0.1, 0.15) is 5.82 Å². The van der Waals surface area contributed by atoms with E-state index in [1.807, 2.05) is 23.2 Å². The van der Waals surface area contributed by atoms with Crippen LogP contribution in [-0.2, 0) is 24.3 Å². The third-order valence-electron chi connectivity index (χ3n) is 5.69. The molecule has 0 radical (unpaired) electrons. The largest absolute Gasteiger partial charge is 0.361 e. The molecule has 0 unspecified atom stereocenters. The van der Waals surface area contributed by atoms with E-state index in [2.05, 4.69) is 53.6 Å². The van der Waals surface area contributed by atoms with E-state index in [9.17, 15) is 9.18 Å². The van der Waals surface area contributed by atoms with Crippen molar-refractivity contribution in [3.05, 3.63) is 107 Å². The average molecular weight is 430 g/mol. The number of para-hydroxylation sites is 1. The number of carbonyl (C=O) groups excluding carboxylic acids is 1. The first kappa shape index (κ1) is 21.8. The van der Waals surface area contributed by atoms with Crippen molar-refractivity contribution in [1.82, 2.24) is 15.2 Å². The number of fused-ring (bicyclic) bond motifs is 1. The van der Waals surface area contributed by atoms with Gasteiger partial charge in [-0.15, -0.1) is 0 Å². The Balaban J connectivity index is 1.41. The third kappa shape index (κ3) is 5.62. The monoisotopic (exact) mass is 429 g/mol. The Morgan fingerprint density at radius 1 is 0.969 bits per heavy atom. The molecule has 4 nitrogen and oxygen atoms in total. The van der Waals surface area contributed by atoms with Crippen LogP contribution in [0.25, 0.3) is 10.9 Å². The van der Waals surface area contributed by atoms with E-state index < -0.39 is 0 Å². The molecule has 3 aromatic carbocycles. The number of carbonyl (C=O) groups is 1. The van der Waals surface area contributed by atoms with E-state index in [4.69, 9.17) is 0 Å². The molecule has 1 heterocycles. The summed E-state index contributed by atoms with van der Waals surface area (Å²) in [5.41, 5.74) is 5.58. The van der Waals surface area contributed by atoms with Gasteiger partial charge in [-0.1, -0.05) is 60.2 Å². The van der Waals surface area contributed by atoms with Gasteiger partial charge in [0.05, 0.1) is 6.54 Å². The van der Waals surface area contributed by atoms with E-state index >= 15 is 0 Å². The first-order chi connectivity index (χ1) is 15.6. The van der Waals surface area contributed by atoms with Crippen LogP contribution in [0.3, 0.4) is 0 Å². The van der Waals surface area contributed by atoms with Crippen molar-refractivity contribution in [2.24, 2.45) is 0 Å². The third-order valence-corrected chi connectivity index (χ3v) is 5.69. The minimum Gasteiger partial charge on any atom is -0.361 e. The zero-order valence-corrected chi connectivity index (χ0v) is 18.3. The van der Waals surface area contributed by atoms with Crippen LogP contribution in [0.15, 0.2) is 79.0 Å². The molecule has 2 N–H and O–H groups in total. The molecule has 0 atom stereocenters. The standard InChI is InChI=1S/C27H28FN3O/c1-20-6-8-22(9-7-20)19-31(15-14-23-17-30-26-5-3-2-4-25(23)26)27(32)18-29-16-21-10-12-24(28)13-11-21/h2-13,17,29-30H,14-16,18-19H2,1H3. The van der Waals surface area contributed by atoms with E-state index in [0.717, 1.165) is 23.1 Å². The first-order valence-corrected chi connectivity index (χ1v) is 10.9. The van der Waals surface area contributed by atoms with Gasteiger partial charge in [-0.05, 0) is 48.2 Å². The predicted molar refractivity (Wildman–Crippen MR) is 127 cm³/mol. The molecule has 0 aliphatic carbocycles. The molecule has 32 heavy (non-hydrogen) atoms. The number of aromatic amines is 1. The number of H-pyrrole nitrogens is 1. The second-order valence-electron chi connectivity index (χ2n) is 8.14. The minimum absolute atomic E-state index is 0.0486. The van der Waals surface area contributed by atoms with Crippen LogP contribution in [0.4, 0.5) is 4.39 Å². The van der Waals surface area contributed by atoms with Gasteiger partial charge in [0.15, 0.2) is 0 Å². The fourth-order valence-corrected chi connectivity index (χ4v) is 3.83. The normalized spacial score (nSPS) is 11.1. The highest BCUT2D eigenvalue weighted by molar-refractivity contribution is 5.83. The highest BCUT2D eigenvalue weighted by Crippen LogP contribution is 2.19. The summed E-state index contributed by atoms with van der Waals surface area (Å²) < 4.78 is 13.1. The number of aromatic nitrogens is 1. The number of rotatable bonds is 9. The summed E-state index contributed by atoms with van der Waals surface area (Å²) in [5, 5.41) is 4.40. The molecule has 4 aromatic rings. The molecule has 4 rings (SSSR count). The lowest BCUT2D eigenvalue weighted by molar-refractivity contribution is -0.130. The van der Waals surface area contributed by atoms with Crippen molar-refractivity contribution in [2.45, 2.75) is 26.4 Å². The summed E-state index contributed by atoms with van der Waals surface area (Å²) in [6, 6.07) is 22.9. The fourth-order valence-electron chi connectivity index (χ4n) is 3.83. The number of nitrogens with one attached hydrogen (secondary N) is 2. The maximum atomic E-state index is 13.1. The van der Waals surface area contributed by atoms with Crippen LogP contribution < -0.4 is 5.32 Å². The molecule has 164 valence electrons. The van der Waals surface area contributed by atoms with Gasteiger partial charge in [0.2, 0.25) is 5.91 Å². The molecule has 0 bridgehead atoms. The SMILES string of the molecule is Cc1ccc(CN(CCc2c[nH]c3ccccc23)C(=O)CNCc2ccc(F)cc2)cc1. The second-order valence-corrected chi connectivity index (χ2v) is 8.14. The molecular formula is C27H28FN3O. The Morgan fingerprint density at radius 2 is 1.69 bits per heavy atom. The van der Waals surface area contributed by atoms with Crippen molar-refractivity contribution >= 4 is 16.8 Å². The van der Waals surface area contributed by atoms with Crippen molar-refractivity contribution in [3.8, 4) is 0 Å². The first-order valence-electron chi connectivity index (χ1n) is 10.9. The van der Waals surface area contributed by atoms with Crippen LogP contribution in [0.1, 0.15) is 22.3 Å². The van der Waals surface area contributed by atoms with Gasteiger partial charge >= 0.3 is 0 Å². The molecule has 0 saturated heterocycles. The number of halogens is 1. The Morgan fingerprint density at radius 3 is 2.47 bits per heavy atom. The van der Waals surface area contributed by atoms with Gasteiger partial charge in [-0.2, -0.15) is 0 Å². The molecule has 0 saturated carbocycles.